The lowest BCUT2D eigenvalue weighted by Crippen LogP contribution is -2.38. The van der Waals surface area contributed by atoms with Crippen LogP contribution in [0.5, 0.6) is 11.5 Å². The summed E-state index contributed by atoms with van der Waals surface area (Å²) in [6, 6.07) is 18.5. The summed E-state index contributed by atoms with van der Waals surface area (Å²) in [5.41, 5.74) is 2.11. The average Bonchev–Trinajstić information content (AvgIpc) is 2.69. The van der Waals surface area contributed by atoms with Crippen molar-refractivity contribution in [2.24, 2.45) is 0 Å². The summed E-state index contributed by atoms with van der Waals surface area (Å²) in [6.07, 6.45) is 2.27. The van der Waals surface area contributed by atoms with Gasteiger partial charge in [-0.25, -0.2) is 4.98 Å². The van der Waals surface area contributed by atoms with E-state index in [0.29, 0.717) is 0 Å². The molecular formula is C22H24N2O2. The van der Waals surface area contributed by atoms with Crippen LogP contribution in [-0.4, -0.2) is 31.3 Å². The van der Waals surface area contributed by atoms with Gasteiger partial charge < -0.3 is 14.4 Å². The zero-order chi connectivity index (χ0) is 17.9. The summed E-state index contributed by atoms with van der Waals surface area (Å²) in [6.45, 7) is 3.99. The molecule has 4 rings (SSSR count). The fourth-order valence-corrected chi connectivity index (χ4v) is 3.52. The van der Waals surface area contributed by atoms with E-state index in [9.17, 15) is 0 Å². The van der Waals surface area contributed by atoms with Gasteiger partial charge >= 0.3 is 0 Å². The van der Waals surface area contributed by atoms with Crippen molar-refractivity contribution in [3.8, 4) is 11.5 Å². The average molecular weight is 348 g/mol. The van der Waals surface area contributed by atoms with E-state index in [1.165, 1.54) is 5.56 Å². The molecule has 2 heterocycles. The van der Waals surface area contributed by atoms with Crippen LogP contribution in [0.3, 0.4) is 0 Å². The third kappa shape index (κ3) is 3.32. The highest BCUT2D eigenvalue weighted by atomic mass is 16.5. The number of fused-ring (bicyclic) bond motifs is 1. The van der Waals surface area contributed by atoms with Gasteiger partial charge in [0, 0.05) is 31.3 Å². The Bertz CT molecular complexity index is 902. The molecular weight excluding hydrogens is 324 g/mol. The van der Waals surface area contributed by atoms with Crippen LogP contribution in [0, 0.1) is 6.92 Å². The standard InChI is InChI=1S/C22H24N2O2/c1-16-6-3-4-8-19(16)26-18-12-14-24(15-13-18)21-11-10-17-7-5-9-20(25-2)22(17)23-21/h3-11,18H,12-15H2,1-2H3. The van der Waals surface area contributed by atoms with Gasteiger partial charge in [0.25, 0.3) is 0 Å². The van der Waals surface area contributed by atoms with Crippen LogP contribution in [0.4, 0.5) is 5.82 Å². The van der Waals surface area contributed by atoms with Crippen molar-refractivity contribution >= 4 is 16.7 Å². The van der Waals surface area contributed by atoms with E-state index < -0.39 is 0 Å². The lowest BCUT2D eigenvalue weighted by Gasteiger charge is -2.33. The normalized spacial score (nSPS) is 15.2. The van der Waals surface area contributed by atoms with Gasteiger partial charge in [0.1, 0.15) is 28.9 Å². The molecule has 0 saturated carbocycles. The number of hydrogen-bond donors (Lipinski definition) is 0. The highest BCUT2D eigenvalue weighted by molar-refractivity contribution is 5.86. The van der Waals surface area contributed by atoms with E-state index in [2.05, 4.69) is 42.2 Å². The van der Waals surface area contributed by atoms with Crippen molar-refractivity contribution < 1.29 is 9.47 Å². The monoisotopic (exact) mass is 348 g/mol. The Kier molecular flexibility index (Phi) is 4.65. The molecule has 3 aromatic rings. The second-order valence-electron chi connectivity index (χ2n) is 6.77. The number of rotatable bonds is 4. The second kappa shape index (κ2) is 7.24. The fraction of sp³-hybridized carbons (Fsp3) is 0.318. The molecule has 26 heavy (non-hydrogen) atoms. The van der Waals surface area contributed by atoms with Crippen molar-refractivity contribution in [1.82, 2.24) is 4.98 Å². The second-order valence-corrected chi connectivity index (χ2v) is 6.77. The number of benzene rings is 2. The molecule has 1 aliphatic rings. The quantitative estimate of drug-likeness (QED) is 0.690. The molecule has 0 bridgehead atoms. The maximum Gasteiger partial charge on any atom is 0.145 e. The van der Waals surface area contributed by atoms with Crippen molar-refractivity contribution in [3.63, 3.8) is 0 Å². The van der Waals surface area contributed by atoms with Crippen LogP contribution < -0.4 is 14.4 Å². The fourth-order valence-electron chi connectivity index (χ4n) is 3.52. The van der Waals surface area contributed by atoms with Gasteiger partial charge in [-0.05, 0) is 36.8 Å². The molecule has 0 spiro atoms. The number of piperidine rings is 1. The Morgan fingerprint density at radius 1 is 0.923 bits per heavy atom. The summed E-state index contributed by atoms with van der Waals surface area (Å²) in [5, 5.41) is 1.10. The molecule has 0 radical (unpaired) electrons. The number of ether oxygens (including phenoxy) is 2. The number of pyridine rings is 1. The van der Waals surface area contributed by atoms with Crippen LogP contribution in [-0.2, 0) is 0 Å². The third-order valence-corrected chi connectivity index (χ3v) is 5.04. The van der Waals surface area contributed by atoms with E-state index in [0.717, 1.165) is 54.2 Å². The zero-order valence-electron chi connectivity index (χ0n) is 15.3. The lowest BCUT2D eigenvalue weighted by molar-refractivity contribution is 0.169. The molecule has 134 valence electrons. The van der Waals surface area contributed by atoms with Gasteiger partial charge in [-0.3, -0.25) is 0 Å². The number of para-hydroxylation sites is 2. The SMILES string of the molecule is COc1cccc2ccc(N3CCC(Oc4ccccc4C)CC3)nc12. The molecule has 0 atom stereocenters. The van der Waals surface area contributed by atoms with Gasteiger partial charge in [-0.15, -0.1) is 0 Å². The Balaban J connectivity index is 1.46. The summed E-state index contributed by atoms with van der Waals surface area (Å²) < 4.78 is 11.7. The first-order chi connectivity index (χ1) is 12.7. The highest BCUT2D eigenvalue weighted by Gasteiger charge is 2.22. The minimum absolute atomic E-state index is 0.266. The molecule has 1 aromatic heterocycles. The van der Waals surface area contributed by atoms with Gasteiger partial charge in [-0.2, -0.15) is 0 Å². The molecule has 4 heteroatoms. The van der Waals surface area contributed by atoms with Gasteiger partial charge in [0.05, 0.1) is 7.11 Å². The van der Waals surface area contributed by atoms with Crippen LogP contribution in [0.25, 0.3) is 10.9 Å². The molecule has 0 aliphatic carbocycles. The van der Waals surface area contributed by atoms with Gasteiger partial charge in [-0.1, -0.05) is 30.3 Å². The Labute approximate surface area is 154 Å². The van der Waals surface area contributed by atoms with Crippen LogP contribution in [0.2, 0.25) is 0 Å². The number of nitrogens with zero attached hydrogens (tertiary/aromatic N) is 2. The molecule has 1 fully saturated rings. The Morgan fingerprint density at radius 3 is 2.46 bits per heavy atom. The van der Waals surface area contributed by atoms with E-state index in [1.54, 1.807) is 7.11 Å². The third-order valence-electron chi connectivity index (χ3n) is 5.04. The molecule has 1 saturated heterocycles. The Morgan fingerprint density at radius 2 is 1.69 bits per heavy atom. The lowest BCUT2D eigenvalue weighted by atomic mass is 10.1. The van der Waals surface area contributed by atoms with Crippen LogP contribution >= 0.6 is 0 Å². The molecule has 4 nitrogen and oxygen atoms in total. The molecule has 2 aromatic carbocycles. The van der Waals surface area contributed by atoms with Crippen molar-refractivity contribution in [2.45, 2.75) is 25.9 Å². The predicted molar refractivity (Wildman–Crippen MR) is 105 cm³/mol. The van der Waals surface area contributed by atoms with E-state index in [-0.39, 0.29) is 6.10 Å². The summed E-state index contributed by atoms with van der Waals surface area (Å²) in [4.78, 5) is 7.19. The van der Waals surface area contributed by atoms with Crippen LogP contribution in [0.15, 0.2) is 54.6 Å². The van der Waals surface area contributed by atoms with Crippen molar-refractivity contribution in [1.29, 1.82) is 0 Å². The molecule has 0 unspecified atom stereocenters. The van der Waals surface area contributed by atoms with E-state index in [4.69, 9.17) is 14.5 Å². The number of anilines is 1. The first-order valence-corrected chi connectivity index (χ1v) is 9.15. The minimum Gasteiger partial charge on any atom is -0.494 e. The summed E-state index contributed by atoms with van der Waals surface area (Å²) >= 11 is 0. The first-order valence-electron chi connectivity index (χ1n) is 9.15. The van der Waals surface area contributed by atoms with Gasteiger partial charge in [0.15, 0.2) is 0 Å². The number of aryl methyl sites for hydroxylation is 1. The number of aromatic nitrogens is 1. The largest absolute Gasteiger partial charge is 0.494 e. The number of hydrogen-bond acceptors (Lipinski definition) is 4. The maximum absolute atomic E-state index is 6.21. The van der Waals surface area contributed by atoms with E-state index >= 15 is 0 Å². The number of methoxy groups -OCH3 is 1. The van der Waals surface area contributed by atoms with E-state index in [1.807, 2.05) is 24.3 Å². The highest BCUT2D eigenvalue weighted by Crippen LogP contribution is 2.28. The topological polar surface area (TPSA) is 34.6 Å². The van der Waals surface area contributed by atoms with Crippen molar-refractivity contribution in [2.75, 3.05) is 25.1 Å². The predicted octanol–water partition coefficient (Wildman–Crippen LogP) is 4.60. The molecule has 1 aliphatic heterocycles. The smallest absolute Gasteiger partial charge is 0.145 e. The van der Waals surface area contributed by atoms with Crippen molar-refractivity contribution in [3.05, 3.63) is 60.2 Å². The maximum atomic E-state index is 6.21. The molecule has 0 amide bonds. The Hall–Kier alpha value is -2.75. The summed E-state index contributed by atoms with van der Waals surface area (Å²) in [5.74, 6) is 2.83. The first kappa shape index (κ1) is 16.7. The molecule has 0 N–H and O–H groups in total. The summed E-state index contributed by atoms with van der Waals surface area (Å²) in [7, 11) is 1.69. The zero-order valence-corrected chi connectivity index (χ0v) is 15.3. The van der Waals surface area contributed by atoms with Crippen LogP contribution in [0.1, 0.15) is 18.4 Å². The minimum atomic E-state index is 0.266. The van der Waals surface area contributed by atoms with Gasteiger partial charge in [0.2, 0.25) is 0 Å².